The minimum Gasteiger partial charge on any atom is -0.496 e. The molecule has 0 N–H and O–H groups in total. The monoisotopic (exact) mass is 371 g/mol. The number of esters is 1. The van der Waals surface area contributed by atoms with Crippen LogP contribution in [0.5, 0.6) is 5.75 Å². The van der Waals surface area contributed by atoms with Gasteiger partial charge >= 0.3 is 5.97 Å². The van der Waals surface area contributed by atoms with Crippen LogP contribution < -0.4 is 10.3 Å². The van der Waals surface area contributed by atoms with Crippen molar-refractivity contribution in [1.29, 1.82) is 0 Å². The summed E-state index contributed by atoms with van der Waals surface area (Å²) in [7, 11) is 1.33. The van der Waals surface area contributed by atoms with Crippen LogP contribution in [-0.2, 0) is 16.1 Å². The average molecular weight is 371 g/mol. The molecular weight excluding hydrogens is 357 g/mol. The van der Waals surface area contributed by atoms with Gasteiger partial charge in [0.25, 0.3) is 5.56 Å². The molecule has 1 aromatic heterocycles. The largest absolute Gasteiger partial charge is 0.496 e. The summed E-state index contributed by atoms with van der Waals surface area (Å²) < 4.78 is 24.0. The van der Waals surface area contributed by atoms with Crippen molar-refractivity contribution in [3.63, 3.8) is 0 Å². The Labute approximate surface area is 152 Å². The highest BCUT2D eigenvalue weighted by Gasteiger charge is 2.17. The number of ketones is 1. The topological polar surface area (TPSA) is 100 Å². The number of halogens is 1. The molecule has 0 radical (unpaired) electrons. The van der Waals surface area contributed by atoms with Gasteiger partial charge in [-0.25, -0.2) is 4.39 Å². The van der Waals surface area contributed by atoms with Gasteiger partial charge in [0.2, 0.25) is 5.78 Å². The van der Waals surface area contributed by atoms with E-state index in [1.807, 2.05) is 0 Å². The summed E-state index contributed by atoms with van der Waals surface area (Å²) in [5.41, 5.74) is -0.149. The Balaban J connectivity index is 1.68. The van der Waals surface area contributed by atoms with Gasteiger partial charge in [0, 0.05) is 0 Å². The maximum atomic E-state index is 13.3. The molecule has 0 aliphatic heterocycles. The van der Waals surface area contributed by atoms with Crippen LogP contribution in [0.25, 0.3) is 10.9 Å². The van der Waals surface area contributed by atoms with Crippen molar-refractivity contribution in [3.05, 3.63) is 64.2 Å². The van der Waals surface area contributed by atoms with Crippen LogP contribution in [0.4, 0.5) is 4.39 Å². The number of rotatable bonds is 6. The summed E-state index contributed by atoms with van der Waals surface area (Å²) in [5, 5.41) is 7.83. The van der Waals surface area contributed by atoms with E-state index in [1.54, 1.807) is 24.3 Å². The highest BCUT2D eigenvalue weighted by Crippen LogP contribution is 2.19. The van der Waals surface area contributed by atoms with Gasteiger partial charge in [-0.3, -0.25) is 14.4 Å². The molecule has 0 aliphatic rings. The summed E-state index contributed by atoms with van der Waals surface area (Å²) in [4.78, 5) is 36.4. The van der Waals surface area contributed by atoms with Crippen LogP contribution in [0.2, 0.25) is 0 Å². The average Bonchev–Trinajstić information content (AvgIpc) is 2.68. The zero-order valence-corrected chi connectivity index (χ0v) is 14.2. The van der Waals surface area contributed by atoms with Crippen molar-refractivity contribution in [2.45, 2.75) is 6.54 Å². The smallest absolute Gasteiger partial charge is 0.328 e. The molecule has 0 unspecified atom stereocenters. The Hall–Kier alpha value is -3.62. The number of Topliss-reactive ketones (excluding diaryl/α,β-unsaturated/α-hetero) is 1. The number of methoxy groups -OCH3 is 1. The number of benzene rings is 2. The molecule has 8 nitrogen and oxygen atoms in total. The first kappa shape index (κ1) is 18.2. The summed E-state index contributed by atoms with van der Waals surface area (Å²) in [5.74, 6) is -1.96. The summed E-state index contributed by atoms with van der Waals surface area (Å²) in [6, 6.07) is 10.0. The van der Waals surface area contributed by atoms with E-state index in [9.17, 15) is 18.8 Å². The van der Waals surface area contributed by atoms with Gasteiger partial charge in [-0.1, -0.05) is 17.3 Å². The molecular formula is C18H14FN3O5. The Kier molecular flexibility index (Phi) is 5.20. The van der Waals surface area contributed by atoms with Crippen molar-refractivity contribution in [1.82, 2.24) is 15.0 Å². The van der Waals surface area contributed by atoms with E-state index >= 15 is 0 Å². The van der Waals surface area contributed by atoms with Crippen LogP contribution in [0, 0.1) is 5.82 Å². The summed E-state index contributed by atoms with van der Waals surface area (Å²) in [6.07, 6.45) is 0. The van der Waals surface area contributed by atoms with E-state index in [4.69, 9.17) is 9.47 Å². The van der Waals surface area contributed by atoms with Gasteiger partial charge < -0.3 is 9.47 Å². The van der Waals surface area contributed by atoms with Crippen molar-refractivity contribution in [2.75, 3.05) is 13.7 Å². The fraction of sp³-hybridized carbons (Fsp3) is 0.167. The Morgan fingerprint density at radius 3 is 2.74 bits per heavy atom. The number of hydrogen-bond donors (Lipinski definition) is 0. The Morgan fingerprint density at radius 1 is 1.19 bits per heavy atom. The van der Waals surface area contributed by atoms with Gasteiger partial charge in [-0.2, -0.15) is 4.68 Å². The number of carbonyl (C=O) groups is 2. The summed E-state index contributed by atoms with van der Waals surface area (Å²) in [6.45, 7) is -1.14. The molecule has 2 aromatic carbocycles. The van der Waals surface area contributed by atoms with Crippen molar-refractivity contribution in [2.24, 2.45) is 0 Å². The minimum atomic E-state index is -0.856. The molecule has 0 fully saturated rings. The van der Waals surface area contributed by atoms with Gasteiger partial charge in [-0.15, -0.1) is 5.10 Å². The number of aromatic nitrogens is 3. The van der Waals surface area contributed by atoms with E-state index in [2.05, 4.69) is 10.3 Å². The number of ether oxygens (including phenoxy) is 2. The van der Waals surface area contributed by atoms with Gasteiger partial charge in [0.1, 0.15) is 23.6 Å². The molecule has 3 aromatic rings. The van der Waals surface area contributed by atoms with Gasteiger partial charge in [0.05, 0.1) is 18.1 Å². The zero-order valence-electron chi connectivity index (χ0n) is 14.2. The fourth-order valence-electron chi connectivity index (χ4n) is 2.42. The second-order valence-corrected chi connectivity index (χ2v) is 5.50. The molecule has 27 heavy (non-hydrogen) atoms. The fourth-order valence-corrected chi connectivity index (χ4v) is 2.42. The third-order valence-corrected chi connectivity index (χ3v) is 3.73. The third kappa shape index (κ3) is 3.97. The normalized spacial score (nSPS) is 10.6. The first-order valence-corrected chi connectivity index (χ1v) is 7.84. The number of carbonyl (C=O) groups excluding carboxylic acids is 2. The van der Waals surface area contributed by atoms with E-state index < -0.39 is 36.3 Å². The lowest BCUT2D eigenvalue weighted by Crippen LogP contribution is -2.29. The maximum absolute atomic E-state index is 13.3. The van der Waals surface area contributed by atoms with Crippen molar-refractivity contribution in [3.8, 4) is 5.75 Å². The zero-order chi connectivity index (χ0) is 19.4. The Bertz CT molecular complexity index is 1080. The molecule has 0 bridgehead atoms. The standard InChI is InChI=1S/C18H14FN3O5/c1-26-16-7-6-11(19)8-13(16)15(23)10-27-17(24)9-22-18(25)12-4-2-3-5-14(12)20-21-22/h2-8H,9-10H2,1H3. The van der Waals surface area contributed by atoms with E-state index in [0.29, 0.717) is 10.9 Å². The van der Waals surface area contributed by atoms with Crippen LogP contribution >= 0.6 is 0 Å². The highest BCUT2D eigenvalue weighted by molar-refractivity contribution is 6.00. The lowest BCUT2D eigenvalue weighted by molar-refractivity contribution is -0.143. The first-order chi connectivity index (χ1) is 13.0. The SMILES string of the molecule is COc1ccc(F)cc1C(=O)COC(=O)Cn1nnc2ccccc2c1=O. The highest BCUT2D eigenvalue weighted by atomic mass is 19.1. The van der Waals surface area contributed by atoms with Crippen LogP contribution in [0.1, 0.15) is 10.4 Å². The van der Waals surface area contributed by atoms with Gasteiger partial charge in [-0.05, 0) is 30.3 Å². The van der Waals surface area contributed by atoms with Crippen molar-refractivity contribution < 1.29 is 23.5 Å². The summed E-state index contributed by atoms with van der Waals surface area (Å²) >= 11 is 0. The van der Waals surface area contributed by atoms with Crippen LogP contribution in [0.15, 0.2) is 47.3 Å². The lowest BCUT2D eigenvalue weighted by Gasteiger charge is -2.09. The van der Waals surface area contributed by atoms with Crippen LogP contribution in [-0.4, -0.2) is 40.5 Å². The van der Waals surface area contributed by atoms with E-state index in [-0.39, 0.29) is 11.3 Å². The molecule has 0 spiro atoms. The van der Waals surface area contributed by atoms with Crippen LogP contribution in [0.3, 0.4) is 0 Å². The Morgan fingerprint density at radius 2 is 1.96 bits per heavy atom. The molecule has 3 rings (SSSR count). The maximum Gasteiger partial charge on any atom is 0.328 e. The third-order valence-electron chi connectivity index (χ3n) is 3.73. The second-order valence-electron chi connectivity index (χ2n) is 5.50. The molecule has 0 saturated carbocycles. The predicted molar refractivity (Wildman–Crippen MR) is 92.0 cm³/mol. The molecule has 0 amide bonds. The van der Waals surface area contributed by atoms with E-state index in [1.165, 1.54) is 13.2 Å². The van der Waals surface area contributed by atoms with Gasteiger partial charge in [0.15, 0.2) is 6.61 Å². The predicted octanol–water partition coefficient (Wildman–Crippen LogP) is 1.37. The van der Waals surface area contributed by atoms with E-state index in [0.717, 1.165) is 16.8 Å². The number of hydrogen-bond acceptors (Lipinski definition) is 7. The number of fused-ring (bicyclic) bond motifs is 1. The number of nitrogens with zero attached hydrogens (tertiary/aromatic N) is 3. The molecule has 138 valence electrons. The van der Waals surface area contributed by atoms with Crippen molar-refractivity contribution >= 4 is 22.7 Å². The quantitative estimate of drug-likeness (QED) is 0.476. The molecule has 0 saturated heterocycles. The second kappa shape index (κ2) is 7.73. The first-order valence-electron chi connectivity index (χ1n) is 7.84. The minimum absolute atomic E-state index is 0.0482. The lowest BCUT2D eigenvalue weighted by atomic mass is 10.1. The molecule has 0 aliphatic carbocycles. The molecule has 0 atom stereocenters. The molecule has 9 heteroatoms. The molecule has 1 heterocycles.